The first-order valence-corrected chi connectivity index (χ1v) is 5.78. The highest BCUT2D eigenvalue weighted by Gasteiger charge is 2.08. The maximum absolute atomic E-state index is 5.59. The van der Waals surface area contributed by atoms with Crippen LogP contribution >= 0.6 is 0 Å². The van der Waals surface area contributed by atoms with Gasteiger partial charge in [-0.25, -0.2) is 0 Å². The zero-order valence-electron chi connectivity index (χ0n) is 10.4. The van der Waals surface area contributed by atoms with Crippen molar-refractivity contribution in [2.45, 2.75) is 33.4 Å². The average Bonchev–Trinajstić information content (AvgIpc) is 2.75. The normalized spacial score (nSPS) is 11.1. The molecule has 0 spiro atoms. The third-order valence-corrected chi connectivity index (χ3v) is 2.39. The van der Waals surface area contributed by atoms with Gasteiger partial charge in [-0.2, -0.15) is 0 Å². The number of benzene rings is 1. The van der Waals surface area contributed by atoms with Crippen LogP contribution in [0.1, 0.15) is 25.3 Å². The molecule has 0 amide bonds. The van der Waals surface area contributed by atoms with Crippen LogP contribution in [0.2, 0.25) is 0 Å². The molecule has 4 nitrogen and oxygen atoms in total. The Kier molecular flexibility index (Phi) is 3.54. The van der Waals surface area contributed by atoms with E-state index in [1.165, 1.54) is 5.56 Å². The molecule has 1 aromatic heterocycles. The largest absolute Gasteiger partial charge is 0.419 e. The molecule has 0 aliphatic carbocycles. The molecule has 0 bridgehead atoms. The van der Waals surface area contributed by atoms with Crippen LogP contribution in [-0.2, 0) is 6.54 Å². The first-order chi connectivity index (χ1) is 8.15. The standard InChI is InChI=1S/C13H17N3O/c1-9(2)14-8-12-15-16-13(17-12)11-6-4-5-10(3)7-11/h4-7,9,14H,8H2,1-3H3. The zero-order chi connectivity index (χ0) is 12.3. The van der Waals surface area contributed by atoms with Crippen molar-refractivity contribution in [3.63, 3.8) is 0 Å². The predicted octanol–water partition coefficient (Wildman–Crippen LogP) is 2.54. The molecule has 0 aliphatic rings. The Bertz CT molecular complexity index is 491. The lowest BCUT2D eigenvalue weighted by atomic mass is 10.1. The van der Waals surface area contributed by atoms with Gasteiger partial charge in [0.2, 0.25) is 11.8 Å². The first kappa shape index (κ1) is 11.8. The number of nitrogens with zero attached hydrogens (tertiary/aromatic N) is 2. The average molecular weight is 231 g/mol. The number of aromatic nitrogens is 2. The summed E-state index contributed by atoms with van der Waals surface area (Å²) >= 11 is 0. The lowest BCUT2D eigenvalue weighted by molar-refractivity contribution is 0.459. The van der Waals surface area contributed by atoms with E-state index >= 15 is 0 Å². The highest BCUT2D eigenvalue weighted by molar-refractivity contribution is 5.53. The second kappa shape index (κ2) is 5.10. The fraction of sp³-hybridized carbons (Fsp3) is 0.385. The van der Waals surface area contributed by atoms with E-state index in [1.54, 1.807) is 0 Å². The lowest BCUT2D eigenvalue weighted by Crippen LogP contribution is -2.21. The van der Waals surface area contributed by atoms with Crippen molar-refractivity contribution >= 4 is 0 Å². The summed E-state index contributed by atoms with van der Waals surface area (Å²) in [4.78, 5) is 0. The number of aryl methyl sites for hydroxylation is 1. The molecule has 17 heavy (non-hydrogen) atoms. The molecule has 0 saturated heterocycles. The fourth-order valence-corrected chi connectivity index (χ4v) is 1.51. The van der Waals surface area contributed by atoms with Crippen molar-refractivity contribution in [2.24, 2.45) is 0 Å². The number of rotatable bonds is 4. The highest BCUT2D eigenvalue weighted by Crippen LogP contribution is 2.18. The molecule has 1 N–H and O–H groups in total. The second-order valence-electron chi connectivity index (χ2n) is 4.41. The summed E-state index contributed by atoms with van der Waals surface area (Å²) in [5.41, 5.74) is 2.15. The molecule has 0 unspecified atom stereocenters. The number of nitrogens with one attached hydrogen (secondary N) is 1. The second-order valence-corrected chi connectivity index (χ2v) is 4.41. The van der Waals surface area contributed by atoms with Crippen LogP contribution in [0.25, 0.3) is 11.5 Å². The van der Waals surface area contributed by atoms with E-state index in [9.17, 15) is 0 Å². The zero-order valence-corrected chi connectivity index (χ0v) is 10.4. The van der Waals surface area contributed by atoms with Crippen LogP contribution in [0.15, 0.2) is 28.7 Å². The highest BCUT2D eigenvalue weighted by atomic mass is 16.4. The van der Waals surface area contributed by atoms with Crippen LogP contribution in [0.3, 0.4) is 0 Å². The molecule has 2 rings (SSSR count). The topological polar surface area (TPSA) is 51.0 Å². The van der Waals surface area contributed by atoms with Crippen LogP contribution < -0.4 is 5.32 Å². The quantitative estimate of drug-likeness (QED) is 0.878. The van der Waals surface area contributed by atoms with Gasteiger partial charge < -0.3 is 9.73 Å². The number of hydrogen-bond donors (Lipinski definition) is 1. The van der Waals surface area contributed by atoms with Gasteiger partial charge in [-0.05, 0) is 19.1 Å². The smallest absolute Gasteiger partial charge is 0.247 e. The van der Waals surface area contributed by atoms with Gasteiger partial charge in [0.25, 0.3) is 0 Å². The Morgan fingerprint density at radius 1 is 1.29 bits per heavy atom. The summed E-state index contributed by atoms with van der Waals surface area (Å²) in [5, 5.41) is 11.3. The van der Waals surface area contributed by atoms with Crippen molar-refractivity contribution < 1.29 is 4.42 Å². The van der Waals surface area contributed by atoms with E-state index < -0.39 is 0 Å². The Hall–Kier alpha value is -1.68. The van der Waals surface area contributed by atoms with Crippen molar-refractivity contribution in [2.75, 3.05) is 0 Å². The van der Waals surface area contributed by atoms with Crippen LogP contribution in [-0.4, -0.2) is 16.2 Å². The van der Waals surface area contributed by atoms with Gasteiger partial charge in [0.05, 0.1) is 6.54 Å². The molecule has 1 heterocycles. The molecule has 2 aromatic rings. The summed E-state index contributed by atoms with van der Waals surface area (Å²) in [6.07, 6.45) is 0. The minimum atomic E-state index is 0.407. The molecule has 4 heteroatoms. The molecule has 0 atom stereocenters. The molecule has 0 fully saturated rings. The summed E-state index contributed by atoms with van der Waals surface area (Å²) in [5.74, 6) is 1.20. The maximum Gasteiger partial charge on any atom is 0.247 e. The number of hydrogen-bond acceptors (Lipinski definition) is 4. The third kappa shape index (κ3) is 3.14. The van der Waals surface area contributed by atoms with Crippen molar-refractivity contribution in [3.05, 3.63) is 35.7 Å². The molecule has 1 aromatic carbocycles. The summed E-state index contributed by atoms with van der Waals surface area (Å²) < 4.78 is 5.59. The van der Waals surface area contributed by atoms with E-state index in [2.05, 4.69) is 29.4 Å². The molecule has 0 saturated carbocycles. The van der Waals surface area contributed by atoms with Gasteiger partial charge in [0, 0.05) is 11.6 Å². The SMILES string of the molecule is Cc1cccc(-c2nnc(CNC(C)C)o2)c1. The first-order valence-electron chi connectivity index (χ1n) is 5.78. The van der Waals surface area contributed by atoms with E-state index in [-0.39, 0.29) is 0 Å². The van der Waals surface area contributed by atoms with E-state index in [0.717, 1.165) is 5.56 Å². The van der Waals surface area contributed by atoms with E-state index in [0.29, 0.717) is 24.4 Å². The lowest BCUT2D eigenvalue weighted by Gasteiger charge is -2.03. The van der Waals surface area contributed by atoms with Gasteiger partial charge in [-0.1, -0.05) is 31.5 Å². The fourth-order valence-electron chi connectivity index (χ4n) is 1.51. The molecular weight excluding hydrogens is 214 g/mol. The summed E-state index contributed by atoms with van der Waals surface area (Å²) in [6, 6.07) is 8.44. The Balaban J connectivity index is 2.12. The summed E-state index contributed by atoms with van der Waals surface area (Å²) in [7, 11) is 0. The van der Waals surface area contributed by atoms with Crippen molar-refractivity contribution in [1.29, 1.82) is 0 Å². The summed E-state index contributed by atoms with van der Waals surface area (Å²) in [6.45, 7) is 6.81. The molecule has 0 aliphatic heterocycles. The van der Waals surface area contributed by atoms with E-state index in [4.69, 9.17) is 4.42 Å². The minimum Gasteiger partial charge on any atom is -0.419 e. The Labute approximate surface area is 101 Å². The van der Waals surface area contributed by atoms with Crippen LogP contribution in [0, 0.1) is 6.92 Å². The van der Waals surface area contributed by atoms with Gasteiger partial charge >= 0.3 is 0 Å². The van der Waals surface area contributed by atoms with Crippen LogP contribution in [0.5, 0.6) is 0 Å². The Morgan fingerprint density at radius 3 is 2.82 bits per heavy atom. The third-order valence-electron chi connectivity index (χ3n) is 2.39. The van der Waals surface area contributed by atoms with E-state index in [1.807, 2.05) is 31.2 Å². The van der Waals surface area contributed by atoms with Gasteiger partial charge in [0.1, 0.15) is 0 Å². The monoisotopic (exact) mass is 231 g/mol. The van der Waals surface area contributed by atoms with Gasteiger partial charge in [-0.3, -0.25) is 0 Å². The van der Waals surface area contributed by atoms with Gasteiger partial charge in [0.15, 0.2) is 0 Å². The van der Waals surface area contributed by atoms with Crippen LogP contribution in [0.4, 0.5) is 0 Å². The van der Waals surface area contributed by atoms with Gasteiger partial charge in [-0.15, -0.1) is 10.2 Å². The molecular formula is C13H17N3O. The maximum atomic E-state index is 5.59. The molecule has 0 radical (unpaired) electrons. The Morgan fingerprint density at radius 2 is 2.12 bits per heavy atom. The van der Waals surface area contributed by atoms with Crippen molar-refractivity contribution in [3.8, 4) is 11.5 Å². The molecule has 90 valence electrons. The minimum absolute atomic E-state index is 0.407. The predicted molar refractivity (Wildman–Crippen MR) is 66.4 cm³/mol. The van der Waals surface area contributed by atoms with Crippen molar-refractivity contribution in [1.82, 2.24) is 15.5 Å².